The molecule has 82 valence electrons. The molecular weight excluding hydrogens is 192 g/mol. The van der Waals surface area contributed by atoms with Crippen LogP contribution in [0.15, 0.2) is 24.5 Å². The Morgan fingerprint density at radius 1 is 1.67 bits per heavy atom. The second-order valence-electron chi connectivity index (χ2n) is 3.29. The summed E-state index contributed by atoms with van der Waals surface area (Å²) in [5.41, 5.74) is 1.11. The SMILES string of the molecule is COC(=O)CCNC(C)c1cccnc1. The normalized spacial score (nSPS) is 12.1. The number of aromatic nitrogens is 1. The summed E-state index contributed by atoms with van der Waals surface area (Å²) >= 11 is 0. The molecular formula is C11H16N2O2. The van der Waals surface area contributed by atoms with E-state index in [4.69, 9.17) is 0 Å². The van der Waals surface area contributed by atoms with E-state index in [0.29, 0.717) is 13.0 Å². The molecule has 1 N–H and O–H groups in total. The van der Waals surface area contributed by atoms with E-state index in [1.54, 1.807) is 6.20 Å². The molecule has 0 aliphatic carbocycles. The molecule has 0 saturated heterocycles. The van der Waals surface area contributed by atoms with Gasteiger partial charge in [-0.1, -0.05) is 6.07 Å². The Balaban J connectivity index is 2.31. The minimum atomic E-state index is -0.194. The molecule has 4 nitrogen and oxygen atoms in total. The van der Waals surface area contributed by atoms with Gasteiger partial charge in [-0.05, 0) is 18.6 Å². The summed E-state index contributed by atoms with van der Waals surface area (Å²) in [6.45, 7) is 2.65. The molecule has 1 aromatic heterocycles. The van der Waals surface area contributed by atoms with Crippen molar-refractivity contribution in [2.75, 3.05) is 13.7 Å². The molecule has 0 fully saturated rings. The summed E-state index contributed by atoms with van der Waals surface area (Å²) in [5, 5.41) is 3.22. The molecule has 15 heavy (non-hydrogen) atoms. The largest absolute Gasteiger partial charge is 0.469 e. The zero-order chi connectivity index (χ0) is 11.1. The van der Waals surface area contributed by atoms with Crippen LogP contribution in [0.4, 0.5) is 0 Å². The smallest absolute Gasteiger partial charge is 0.306 e. The molecule has 1 heterocycles. The van der Waals surface area contributed by atoms with E-state index in [1.807, 2.05) is 25.3 Å². The lowest BCUT2D eigenvalue weighted by molar-refractivity contribution is -0.140. The van der Waals surface area contributed by atoms with Crippen molar-refractivity contribution in [1.82, 2.24) is 10.3 Å². The van der Waals surface area contributed by atoms with Crippen molar-refractivity contribution in [3.63, 3.8) is 0 Å². The highest BCUT2D eigenvalue weighted by Crippen LogP contribution is 2.09. The molecule has 1 rings (SSSR count). The molecule has 0 radical (unpaired) electrons. The second-order valence-corrected chi connectivity index (χ2v) is 3.29. The van der Waals surface area contributed by atoms with Crippen LogP contribution >= 0.6 is 0 Å². The third kappa shape index (κ3) is 4.08. The van der Waals surface area contributed by atoms with Crippen LogP contribution in [-0.4, -0.2) is 24.6 Å². The van der Waals surface area contributed by atoms with Crippen molar-refractivity contribution < 1.29 is 9.53 Å². The number of esters is 1. The maximum Gasteiger partial charge on any atom is 0.306 e. The molecule has 1 atom stereocenters. The van der Waals surface area contributed by atoms with Gasteiger partial charge in [-0.2, -0.15) is 0 Å². The number of hydrogen-bond acceptors (Lipinski definition) is 4. The number of methoxy groups -OCH3 is 1. The molecule has 1 aromatic rings. The van der Waals surface area contributed by atoms with Crippen LogP contribution in [0.3, 0.4) is 0 Å². The van der Waals surface area contributed by atoms with Crippen molar-refractivity contribution >= 4 is 5.97 Å². The van der Waals surface area contributed by atoms with Gasteiger partial charge >= 0.3 is 5.97 Å². The molecule has 4 heteroatoms. The van der Waals surface area contributed by atoms with Gasteiger partial charge in [0.1, 0.15) is 0 Å². The van der Waals surface area contributed by atoms with E-state index < -0.39 is 0 Å². The van der Waals surface area contributed by atoms with Crippen molar-refractivity contribution in [3.05, 3.63) is 30.1 Å². The van der Waals surface area contributed by atoms with Crippen LogP contribution in [0.5, 0.6) is 0 Å². The predicted molar refractivity (Wildman–Crippen MR) is 57.3 cm³/mol. The lowest BCUT2D eigenvalue weighted by Gasteiger charge is -2.12. The summed E-state index contributed by atoms with van der Waals surface area (Å²) in [6, 6.07) is 4.10. The highest BCUT2D eigenvalue weighted by atomic mass is 16.5. The van der Waals surface area contributed by atoms with Crippen molar-refractivity contribution in [2.24, 2.45) is 0 Å². The molecule has 0 aliphatic rings. The number of rotatable bonds is 5. The maximum absolute atomic E-state index is 10.9. The van der Waals surface area contributed by atoms with Gasteiger partial charge in [0, 0.05) is 25.0 Å². The molecule has 0 aromatic carbocycles. The fraction of sp³-hybridized carbons (Fsp3) is 0.455. The van der Waals surface area contributed by atoms with E-state index in [-0.39, 0.29) is 12.0 Å². The Morgan fingerprint density at radius 3 is 3.07 bits per heavy atom. The van der Waals surface area contributed by atoms with Gasteiger partial charge in [0.05, 0.1) is 13.5 Å². The highest BCUT2D eigenvalue weighted by Gasteiger charge is 2.05. The van der Waals surface area contributed by atoms with Crippen molar-refractivity contribution in [3.8, 4) is 0 Å². The summed E-state index contributed by atoms with van der Waals surface area (Å²) < 4.78 is 4.55. The van der Waals surface area contributed by atoms with Gasteiger partial charge < -0.3 is 10.1 Å². The minimum absolute atomic E-state index is 0.194. The van der Waals surface area contributed by atoms with E-state index in [1.165, 1.54) is 7.11 Å². The van der Waals surface area contributed by atoms with Crippen molar-refractivity contribution in [2.45, 2.75) is 19.4 Å². The van der Waals surface area contributed by atoms with E-state index in [2.05, 4.69) is 15.0 Å². The number of nitrogens with one attached hydrogen (secondary N) is 1. The first-order chi connectivity index (χ1) is 7.24. The van der Waals surface area contributed by atoms with Crippen LogP contribution in [0, 0.1) is 0 Å². The lowest BCUT2D eigenvalue weighted by Crippen LogP contribution is -2.22. The molecule has 1 unspecified atom stereocenters. The fourth-order valence-electron chi connectivity index (χ4n) is 1.24. The molecule has 0 spiro atoms. The number of ether oxygens (including phenoxy) is 1. The maximum atomic E-state index is 10.9. The Bertz CT molecular complexity index is 301. The Hall–Kier alpha value is -1.42. The average Bonchev–Trinajstić information content (AvgIpc) is 2.29. The fourth-order valence-corrected chi connectivity index (χ4v) is 1.24. The quantitative estimate of drug-likeness (QED) is 0.741. The number of carbonyl (C=O) groups is 1. The van der Waals surface area contributed by atoms with E-state index in [0.717, 1.165) is 5.56 Å². The van der Waals surface area contributed by atoms with E-state index in [9.17, 15) is 4.79 Å². The van der Waals surface area contributed by atoms with Gasteiger partial charge in [-0.15, -0.1) is 0 Å². The number of nitrogens with zero attached hydrogens (tertiary/aromatic N) is 1. The predicted octanol–water partition coefficient (Wildman–Crippen LogP) is 1.30. The summed E-state index contributed by atoms with van der Waals surface area (Å²) in [4.78, 5) is 14.9. The summed E-state index contributed by atoms with van der Waals surface area (Å²) in [6.07, 6.45) is 3.95. The lowest BCUT2D eigenvalue weighted by atomic mass is 10.1. The van der Waals surface area contributed by atoms with Crippen LogP contribution in [0.1, 0.15) is 24.9 Å². The topological polar surface area (TPSA) is 51.2 Å². The summed E-state index contributed by atoms with van der Waals surface area (Å²) in [7, 11) is 1.40. The van der Waals surface area contributed by atoms with Crippen LogP contribution in [-0.2, 0) is 9.53 Å². The molecule has 0 aliphatic heterocycles. The van der Waals surface area contributed by atoms with Gasteiger partial charge in [0.25, 0.3) is 0 Å². The third-order valence-corrected chi connectivity index (χ3v) is 2.19. The van der Waals surface area contributed by atoms with Gasteiger partial charge in [-0.3, -0.25) is 9.78 Å². The Morgan fingerprint density at radius 2 is 2.47 bits per heavy atom. The molecule has 0 saturated carbocycles. The first-order valence-corrected chi connectivity index (χ1v) is 4.94. The molecule has 0 bridgehead atoms. The van der Waals surface area contributed by atoms with Crippen LogP contribution in [0.25, 0.3) is 0 Å². The van der Waals surface area contributed by atoms with Crippen LogP contribution in [0.2, 0.25) is 0 Å². The Kier molecular flexibility index (Phi) is 4.77. The Labute approximate surface area is 89.7 Å². The summed E-state index contributed by atoms with van der Waals surface area (Å²) in [5.74, 6) is -0.194. The standard InChI is InChI=1S/C11H16N2O2/c1-9(10-4-3-6-12-8-10)13-7-5-11(14)15-2/h3-4,6,8-9,13H,5,7H2,1-2H3. The van der Waals surface area contributed by atoms with Crippen molar-refractivity contribution in [1.29, 1.82) is 0 Å². The minimum Gasteiger partial charge on any atom is -0.469 e. The van der Waals surface area contributed by atoms with Gasteiger partial charge in [-0.25, -0.2) is 0 Å². The first-order valence-electron chi connectivity index (χ1n) is 4.94. The first kappa shape index (κ1) is 11.7. The number of carbonyl (C=O) groups excluding carboxylic acids is 1. The van der Waals surface area contributed by atoms with E-state index >= 15 is 0 Å². The second kappa shape index (κ2) is 6.14. The zero-order valence-electron chi connectivity index (χ0n) is 9.06. The van der Waals surface area contributed by atoms with Gasteiger partial charge in [0.15, 0.2) is 0 Å². The highest BCUT2D eigenvalue weighted by molar-refractivity contribution is 5.69. The number of hydrogen-bond donors (Lipinski definition) is 1. The average molecular weight is 208 g/mol. The monoisotopic (exact) mass is 208 g/mol. The third-order valence-electron chi connectivity index (χ3n) is 2.19. The molecule has 0 amide bonds. The number of pyridine rings is 1. The van der Waals surface area contributed by atoms with Crippen LogP contribution < -0.4 is 5.32 Å². The zero-order valence-corrected chi connectivity index (χ0v) is 9.06. The van der Waals surface area contributed by atoms with Gasteiger partial charge in [0.2, 0.25) is 0 Å².